The molecule has 0 aromatic carbocycles. The van der Waals surface area contributed by atoms with Crippen molar-refractivity contribution in [3.63, 3.8) is 0 Å². The van der Waals surface area contributed by atoms with Crippen molar-refractivity contribution < 1.29 is 9.90 Å². The van der Waals surface area contributed by atoms with Crippen molar-refractivity contribution in [1.82, 2.24) is 10.2 Å². The summed E-state index contributed by atoms with van der Waals surface area (Å²) in [6.07, 6.45) is 5.12. The summed E-state index contributed by atoms with van der Waals surface area (Å²) in [7, 11) is 0. The molecule has 4 heteroatoms. The molecule has 0 saturated carbocycles. The van der Waals surface area contributed by atoms with Crippen molar-refractivity contribution in [3.8, 4) is 0 Å². The van der Waals surface area contributed by atoms with Crippen molar-refractivity contribution >= 4 is 5.91 Å². The third-order valence-electron chi connectivity index (χ3n) is 3.82. The van der Waals surface area contributed by atoms with Crippen molar-refractivity contribution in [2.45, 2.75) is 38.1 Å². The Morgan fingerprint density at radius 3 is 2.62 bits per heavy atom. The molecule has 0 aliphatic carbocycles. The van der Waals surface area contributed by atoms with Gasteiger partial charge in [0.05, 0.1) is 6.04 Å². The molecular formula is C12H22N2O2. The van der Waals surface area contributed by atoms with Crippen LogP contribution in [0.3, 0.4) is 0 Å². The van der Waals surface area contributed by atoms with E-state index in [0.29, 0.717) is 11.8 Å². The van der Waals surface area contributed by atoms with Crippen LogP contribution in [0.4, 0.5) is 0 Å². The van der Waals surface area contributed by atoms with E-state index in [9.17, 15) is 4.79 Å². The Labute approximate surface area is 97.0 Å². The zero-order chi connectivity index (χ0) is 11.4. The van der Waals surface area contributed by atoms with E-state index in [1.54, 1.807) is 0 Å². The Balaban J connectivity index is 1.77. The first-order valence-corrected chi connectivity index (χ1v) is 6.44. The third kappa shape index (κ3) is 2.74. The van der Waals surface area contributed by atoms with E-state index in [4.69, 9.17) is 5.11 Å². The third-order valence-corrected chi connectivity index (χ3v) is 3.82. The molecule has 2 saturated heterocycles. The van der Waals surface area contributed by atoms with E-state index in [0.717, 1.165) is 51.7 Å². The number of hydrogen-bond donors (Lipinski definition) is 2. The number of rotatable bonds is 3. The van der Waals surface area contributed by atoms with Crippen molar-refractivity contribution in [2.75, 3.05) is 26.2 Å². The Bertz CT molecular complexity index is 231. The highest BCUT2D eigenvalue weighted by Gasteiger charge is 2.29. The molecule has 0 radical (unpaired) electrons. The molecule has 2 aliphatic rings. The highest BCUT2D eigenvalue weighted by Crippen LogP contribution is 2.21. The van der Waals surface area contributed by atoms with Gasteiger partial charge in [-0.3, -0.25) is 4.79 Å². The van der Waals surface area contributed by atoms with Crippen molar-refractivity contribution in [1.29, 1.82) is 0 Å². The molecule has 1 amide bonds. The first-order valence-electron chi connectivity index (χ1n) is 6.44. The normalized spacial score (nSPS) is 27.3. The molecule has 2 heterocycles. The number of nitrogens with one attached hydrogen (secondary N) is 1. The molecule has 92 valence electrons. The Morgan fingerprint density at radius 1 is 1.31 bits per heavy atom. The van der Waals surface area contributed by atoms with Crippen LogP contribution in [-0.4, -0.2) is 48.2 Å². The Hall–Kier alpha value is -0.610. The van der Waals surface area contributed by atoms with Gasteiger partial charge in [-0.25, -0.2) is 0 Å². The van der Waals surface area contributed by atoms with Gasteiger partial charge in [-0.05, 0) is 44.6 Å². The van der Waals surface area contributed by atoms with Crippen LogP contribution in [0.25, 0.3) is 0 Å². The van der Waals surface area contributed by atoms with Gasteiger partial charge >= 0.3 is 0 Å². The fourth-order valence-electron chi connectivity index (χ4n) is 2.74. The van der Waals surface area contributed by atoms with Crippen LogP contribution in [0.2, 0.25) is 0 Å². The van der Waals surface area contributed by atoms with Crippen molar-refractivity contribution in [3.05, 3.63) is 0 Å². The molecule has 0 spiro atoms. The number of carbonyl (C=O) groups excluding carboxylic acids is 1. The van der Waals surface area contributed by atoms with Crippen LogP contribution in [0.15, 0.2) is 0 Å². The fourth-order valence-corrected chi connectivity index (χ4v) is 2.74. The lowest BCUT2D eigenvalue weighted by atomic mass is 9.93. The summed E-state index contributed by atoms with van der Waals surface area (Å²) in [5, 5.41) is 12.1. The molecule has 16 heavy (non-hydrogen) atoms. The summed E-state index contributed by atoms with van der Waals surface area (Å²) >= 11 is 0. The number of piperidine rings is 1. The molecule has 2 aliphatic heterocycles. The molecule has 1 atom stereocenters. The van der Waals surface area contributed by atoms with Crippen LogP contribution in [-0.2, 0) is 4.79 Å². The van der Waals surface area contributed by atoms with Crippen LogP contribution in [0.5, 0.6) is 0 Å². The first-order chi connectivity index (χ1) is 7.81. The van der Waals surface area contributed by atoms with E-state index < -0.39 is 0 Å². The summed E-state index contributed by atoms with van der Waals surface area (Å²) in [6.45, 7) is 3.02. The molecular weight excluding hydrogens is 204 g/mol. The number of carbonyl (C=O) groups is 1. The minimum Gasteiger partial charge on any atom is -0.396 e. The summed E-state index contributed by atoms with van der Waals surface area (Å²) in [5.74, 6) is 0.908. The predicted molar refractivity (Wildman–Crippen MR) is 62.0 cm³/mol. The quantitative estimate of drug-likeness (QED) is 0.730. The average molecular weight is 226 g/mol. The standard InChI is InChI=1S/C12H22N2O2/c15-9-5-10-3-7-14(8-4-10)12(16)11-2-1-6-13-11/h10-11,13,15H,1-9H2/t11-/m1/s1. The van der Waals surface area contributed by atoms with Gasteiger partial charge in [0, 0.05) is 19.7 Å². The molecule has 2 fully saturated rings. The minimum absolute atomic E-state index is 0.0781. The zero-order valence-corrected chi connectivity index (χ0v) is 9.82. The van der Waals surface area contributed by atoms with Crippen LogP contribution < -0.4 is 5.32 Å². The highest BCUT2D eigenvalue weighted by molar-refractivity contribution is 5.82. The van der Waals surface area contributed by atoms with Crippen LogP contribution >= 0.6 is 0 Å². The SMILES string of the molecule is O=C([C@H]1CCCN1)N1CCC(CCO)CC1. The second-order valence-corrected chi connectivity index (χ2v) is 4.93. The molecule has 4 nitrogen and oxygen atoms in total. The summed E-state index contributed by atoms with van der Waals surface area (Å²) in [4.78, 5) is 14.1. The number of aliphatic hydroxyl groups is 1. The highest BCUT2D eigenvalue weighted by atomic mass is 16.3. The van der Waals surface area contributed by atoms with Gasteiger partial charge in [0.15, 0.2) is 0 Å². The largest absolute Gasteiger partial charge is 0.396 e. The second-order valence-electron chi connectivity index (χ2n) is 4.93. The van der Waals surface area contributed by atoms with Gasteiger partial charge < -0.3 is 15.3 Å². The van der Waals surface area contributed by atoms with Gasteiger partial charge in [0.25, 0.3) is 0 Å². The lowest BCUT2D eigenvalue weighted by molar-refractivity contribution is -0.134. The molecule has 2 rings (SSSR count). The smallest absolute Gasteiger partial charge is 0.239 e. The average Bonchev–Trinajstić information content (AvgIpc) is 2.83. The van der Waals surface area contributed by atoms with E-state index in [1.165, 1.54) is 0 Å². The first kappa shape index (κ1) is 11.9. The van der Waals surface area contributed by atoms with Gasteiger partial charge in [-0.2, -0.15) is 0 Å². The topological polar surface area (TPSA) is 52.6 Å². The lowest BCUT2D eigenvalue weighted by Gasteiger charge is -2.33. The van der Waals surface area contributed by atoms with Crippen molar-refractivity contribution in [2.24, 2.45) is 5.92 Å². The van der Waals surface area contributed by atoms with Crippen LogP contribution in [0.1, 0.15) is 32.1 Å². The molecule has 0 bridgehead atoms. The number of hydrogen-bond acceptors (Lipinski definition) is 3. The maximum absolute atomic E-state index is 12.1. The number of aliphatic hydroxyl groups excluding tert-OH is 1. The minimum atomic E-state index is 0.0781. The van der Waals surface area contributed by atoms with Gasteiger partial charge in [0.1, 0.15) is 0 Å². The molecule has 2 N–H and O–H groups in total. The molecule has 0 aromatic heterocycles. The monoisotopic (exact) mass is 226 g/mol. The molecule has 0 unspecified atom stereocenters. The van der Waals surface area contributed by atoms with E-state index in [2.05, 4.69) is 5.32 Å². The predicted octanol–water partition coefficient (Wildman–Crippen LogP) is 0.359. The van der Waals surface area contributed by atoms with E-state index in [1.807, 2.05) is 4.90 Å². The van der Waals surface area contributed by atoms with Gasteiger partial charge in [-0.15, -0.1) is 0 Å². The van der Waals surface area contributed by atoms with Gasteiger partial charge in [-0.1, -0.05) is 0 Å². The summed E-state index contributed by atoms with van der Waals surface area (Å²) in [5.41, 5.74) is 0. The van der Waals surface area contributed by atoms with E-state index in [-0.39, 0.29) is 12.6 Å². The van der Waals surface area contributed by atoms with E-state index >= 15 is 0 Å². The Kier molecular flexibility index (Phi) is 4.18. The maximum atomic E-state index is 12.1. The van der Waals surface area contributed by atoms with Crippen LogP contribution in [0, 0.1) is 5.92 Å². The molecule has 0 aromatic rings. The zero-order valence-electron chi connectivity index (χ0n) is 9.82. The summed E-state index contributed by atoms with van der Waals surface area (Å²) in [6, 6.07) is 0.0781. The number of nitrogens with zero attached hydrogens (tertiary/aromatic N) is 1. The maximum Gasteiger partial charge on any atom is 0.239 e. The second kappa shape index (κ2) is 5.64. The summed E-state index contributed by atoms with van der Waals surface area (Å²) < 4.78 is 0. The number of amides is 1. The van der Waals surface area contributed by atoms with Gasteiger partial charge in [0.2, 0.25) is 5.91 Å². The Morgan fingerprint density at radius 2 is 2.06 bits per heavy atom. The fraction of sp³-hybridized carbons (Fsp3) is 0.917. The lowest BCUT2D eigenvalue weighted by Crippen LogP contribution is -2.47. The number of likely N-dealkylation sites (tertiary alicyclic amines) is 1.